The van der Waals surface area contributed by atoms with E-state index >= 15 is 0 Å². The minimum absolute atomic E-state index is 0.174. The number of carbonyl (C=O) groups excluding carboxylic acids is 1. The number of carbonyl (C=O) groups is 1. The van der Waals surface area contributed by atoms with Gasteiger partial charge in [-0.15, -0.1) is 0 Å². The molecule has 1 aromatic heterocycles. The molecule has 0 saturated heterocycles. The molecule has 1 amide bonds. The molecule has 1 heterocycles. The van der Waals surface area contributed by atoms with Crippen LogP contribution in [0.15, 0.2) is 62.9 Å². The summed E-state index contributed by atoms with van der Waals surface area (Å²) in [5.41, 5.74) is 0.217. The standard InChI is InChI=1S/C21H21BrN4O3/c1-21(2,12-25-20(29)13-5-3-6-14(22)9-13)11-24-16-17(19(28)18(16)27)26-15-7-4-8-23-10-15/h3-10,24,26H,11-12H2,1-2H3,(H,25,29). The number of hydrogen-bond acceptors (Lipinski definition) is 6. The van der Waals surface area contributed by atoms with Gasteiger partial charge in [0.05, 0.1) is 11.9 Å². The molecule has 3 aromatic rings. The van der Waals surface area contributed by atoms with Crippen molar-refractivity contribution in [3.8, 4) is 0 Å². The Hall–Kier alpha value is -3.00. The van der Waals surface area contributed by atoms with Crippen LogP contribution in [0.5, 0.6) is 0 Å². The van der Waals surface area contributed by atoms with Gasteiger partial charge in [0.25, 0.3) is 16.8 Å². The van der Waals surface area contributed by atoms with Gasteiger partial charge in [0.1, 0.15) is 11.4 Å². The van der Waals surface area contributed by atoms with E-state index < -0.39 is 10.9 Å². The summed E-state index contributed by atoms with van der Waals surface area (Å²) in [6.45, 7) is 4.71. The molecule has 0 aliphatic carbocycles. The molecule has 0 unspecified atom stereocenters. The zero-order chi connectivity index (χ0) is 21.0. The minimum Gasteiger partial charge on any atom is -0.379 e. The van der Waals surface area contributed by atoms with Crippen molar-refractivity contribution in [3.63, 3.8) is 0 Å². The van der Waals surface area contributed by atoms with Crippen LogP contribution in [-0.4, -0.2) is 24.0 Å². The number of anilines is 3. The summed E-state index contributed by atoms with van der Waals surface area (Å²) in [6.07, 6.45) is 3.19. The van der Waals surface area contributed by atoms with Crippen LogP contribution in [0.2, 0.25) is 0 Å². The summed E-state index contributed by atoms with van der Waals surface area (Å²) in [7, 11) is 0. The number of rotatable bonds is 8. The summed E-state index contributed by atoms with van der Waals surface area (Å²) >= 11 is 3.35. The lowest BCUT2D eigenvalue weighted by atomic mass is 9.93. The molecular weight excluding hydrogens is 436 g/mol. The van der Waals surface area contributed by atoms with Crippen LogP contribution in [0, 0.1) is 5.41 Å². The van der Waals surface area contributed by atoms with Crippen LogP contribution >= 0.6 is 15.9 Å². The average molecular weight is 457 g/mol. The molecule has 3 rings (SSSR count). The smallest absolute Gasteiger partial charge is 0.253 e. The van der Waals surface area contributed by atoms with Crippen molar-refractivity contribution in [2.24, 2.45) is 5.41 Å². The number of hydrogen-bond donors (Lipinski definition) is 3. The second-order valence-electron chi connectivity index (χ2n) is 7.49. The van der Waals surface area contributed by atoms with E-state index in [1.54, 1.807) is 42.7 Å². The molecule has 0 fully saturated rings. The third-order valence-corrected chi connectivity index (χ3v) is 4.89. The first-order chi connectivity index (χ1) is 13.8. The normalized spacial score (nSPS) is 11.3. The maximum absolute atomic E-state index is 12.3. The Morgan fingerprint density at radius 2 is 1.83 bits per heavy atom. The summed E-state index contributed by atoms with van der Waals surface area (Å²) in [4.78, 5) is 40.2. The molecule has 0 bridgehead atoms. The summed E-state index contributed by atoms with van der Waals surface area (Å²) in [5, 5.41) is 8.89. The molecule has 0 atom stereocenters. The van der Waals surface area contributed by atoms with Gasteiger partial charge in [-0.1, -0.05) is 35.8 Å². The Kier molecular flexibility index (Phi) is 6.12. The zero-order valence-electron chi connectivity index (χ0n) is 16.1. The second-order valence-corrected chi connectivity index (χ2v) is 8.40. The average Bonchev–Trinajstić information content (AvgIpc) is 2.71. The van der Waals surface area contributed by atoms with E-state index in [1.807, 2.05) is 19.9 Å². The van der Waals surface area contributed by atoms with E-state index in [0.29, 0.717) is 24.3 Å². The van der Waals surface area contributed by atoms with Crippen molar-refractivity contribution >= 4 is 38.9 Å². The van der Waals surface area contributed by atoms with Gasteiger partial charge in [-0.2, -0.15) is 0 Å². The molecular formula is C21H21BrN4O3. The number of aromatic nitrogens is 1. The molecule has 2 aromatic carbocycles. The lowest BCUT2D eigenvalue weighted by molar-refractivity contribution is 0.0938. The molecule has 150 valence electrons. The van der Waals surface area contributed by atoms with E-state index in [1.165, 1.54) is 0 Å². The Balaban J connectivity index is 1.59. The predicted octanol–water partition coefficient (Wildman–Crippen LogP) is 3.05. The van der Waals surface area contributed by atoms with Crippen molar-refractivity contribution in [2.45, 2.75) is 13.8 Å². The quantitative estimate of drug-likeness (QED) is 0.450. The molecule has 0 radical (unpaired) electrons. The van der Waals surface area contributed by atoms with Crippen LogP contribution in [-0.2, 0) is 0 Å². The van der Waals surface area contributed by atoms with Crippen molar-refractivity contribution in [2.75, 3.05) is 23.7 Å². The molecule has 0 aliphatic rings. The third-order valence-electron chi connectivity index (χ3n) is 4.40. The monoisotopic (exact) mass is 456 g/mol. The SMILES string of the molecule is CC(C)(CNC(=O)c1cccc(Br)c1)CNc1c(Nc2cccnc2)c(=O)c1=O. The number of pyridine rings is 1. The fraction of sp³-hybridized carbons (Fsp3) is 0.238. The van der Waals surface area contributed by atoms with E-state index in [-0.39, 0.29) is 22.7 Å². The first kappa shape index (κ1) is 20.7. The maximum atomic E-state index is 12.3. The van der Waals surface area contributed by atoms with E-state index in [0.717, 1.165) is 4.47 Å². The molecule has 8 heteroatoms. The molecule has 3 N–H and O–H groups in total. The number of benzene rings is 1. The van der Waals surface area contributed by atoms with E-state index in [4.69, 9.17) is 0 Å². The first-order valence-electron chi connectivity index (χ1n) is 9.05. The molecule has 0 saturated carbocycles. The Morgan fingerprint density at radius 1 is 1.07 bits per heavy atom. The van der Waals surface area contributed by atoms with Gasteiger partial charge in [0, 0.05) is 29.3 Å². The highest BCUT2D eigenvalue weighted by Gasteiger charge is 2.25. The minimum atomic E-state index is -0.558. The number of nitrogens with one attached hydrogen (secondary N) is 3. The largest absolute Gasteiger partial charge is 0.379 e. The molecule has 0 aliphatic heterocycles. The Bertz CT molecular complexity index is 1090. The van der Waals surface area contributed by atoms with Gasteiger partial charge in [0.15, 0.2) is 0 Å². The Labute approximate surface area is 176 Å². The number of nitrogens with zero attached hydrogens (tertiary/aromatic N) is 1. The van der Waals surface area contributed by atoms with Crippen LogP contribution in [0.3, 0.4) is 0 Å². The van der Waals surface area contributed by atoms with Gasteiger partial charge in [0.2, 0.25) is 0 Å². The van der Waals surface area contributed by atoms with Crippen LogP contribution in [0.4, 0.5) is 17.1 Å². The topological polar surface area (TPSA) is 100 Å². The van der Waals surface area contributed by atoms with E-state index in [9.17, 15) is 14.4 Å². The summed E-state index contributed by atoms with van der Waals surface area (Å²) in [6, 6.07) is 10.6. The van der Waals surface area contributed by atoms with Gasteiger partial charge in [-0.25, -0.2) is 0 Å². The molecule has 0 spiro atoms. The van der Waals surface area contributed by atoms with Crippen molar-refractivity contribution in [1.29, 1.82) is 0 Å². The van der Waals surface area contributed by atoms with Crippen molar-refractivity contribution in [3.05, 3.63) is 79.3 Å². The van der Waals surface area contributed by atoms with Crippen LogP contribution in [0.1, 0.15) is 24.2 Å². The lowest BCUT2D eigenvalue weighted by Gasteiger charge is -2.27. The highest BCUT2D eigenvalue weighted by atomic mass is 79.9. The molecule has 29 heavy (non-hydrogen) atoms. The number of amides is 1. The first-order valence-corrected chi connectivity index (χ1v) is 9.84. The summed E-state index contributed by atoms with van der Waals surface area (Å²) in [5.74, 6) is -0.174. The van der Waals surface area contributed by atoms with Gasteiger partial charge >= 0.3 is 0 Å². The van der Waals surface area contributed by atoms with Crippen LogP contribution < -0.4 is 26.8 Å². The zero-order valence-corrected chi connectivity index (χ0v) is 17.7. The Morgan fingerprint density at radius 3 is 2.52 bits per heavy atom. The summed E-state index contributed by atoms with van der Waals surface area (Å²) < 4.78 is 0.833. The highest BCUT2D eigenvalue weighted by Crippen LogP contribution is 2.22. The highest BCUT2D eigenvalue weighted by molar-refractivity contribution is 9.10. The fourth-order valence-corrected chi connectivity index (χ4v) is 3.10. The third kappa shape index (κ3) is 5.08. The maximum Gasteiger partial charge on any atom is 0.253 e. The molecule has 7 nitrogen and oxygen atoms in total. The van der Waals surface area contributed by atoms with Crippen molar-refractivity contribution in [1.82, 2.24) is 10.3 Å². The second kappa shape index (κ2) is 8.57. The van der Waals surface area contributed by atoms with Crippen molar-refractivity contribution < 1.29 is 4.79 Å². The number of halogens is 1. The predicted molar refractivity (Wildman–Crippen MR) is 118 cm³/mol. The van der Waals surface area contributed by atoms with E-state index in [2.05, 4.69) is 36.9 Å². The fourth-order valence-electron chi connectivity index (χ4n) is 2.70. The van der Waals surface area contributed by atoms with Crippen LogP contribution in [0.25, 0.3) is 0 Å². The van der Waals surface area contributed by atoms with Gasteiger partial charge in [-0.3, -0.25) is 19.4 Å². The lowest BCUT2D eigenvalue weighted by Crippen LogP contribution is -2.41. The van der Waals surface area contributed by atoms with Gasteiger partial charge < -0.3 is 16.0 Å². The van der Waals surface area contributed by atoms with Gasteiger partial charge in [-0.05, 0) is 35.7 Å².